The van der Waals surface area contributed by atoms with E-state index in [2.05, 4.69) is 40.1 Å². The molecule has 3 saturated carbocycles. The molecule has 7 rings (SSSR count). The zero-order valence-electron chi connectivity index (χ0n) is 16.7. The Morgan fingerprint density at radius 1 is 0.900 bits per heavy atom. The molecule has 4 fully saturated rings. The van der Waals surface area contributed by atoms with Crippen molar-refractivity contribution in [2.45, 2.75) is 38.1 Å². The Balaban J connectivity index is 1.11. The summed E-state index contributed by atoms with van der Waals surface area (Å²) in [5, 5.41) is 3.01. The summed E-state index contributed by atoms with van der Waals surface area (Å²) in [6.07, 6.45) is 8.56. The van der Waals surface area contributed by atoms with Crippen LogP contribution in [0.25, 0.3) is 0 Å². The van der Waals surface area contributed by atoms with Crippen molar-refractivity contribution < 1.29 is 14.4 Å². The summed E-state index contributed by atoms with van der Waals surface area (Å²) >= 11 is 2.24. The lowest BCUT2D eigenvalue weighted by atomic mass is 9.63. The standard InChI is InChI=1S/C24H25IN2O3/c25-13-3-5-14(6-4-13)26-22(28)12-1-7-15(8-2-12)27-23(29)20-16-9-10-17(19-11-18(16)19)21(20)24(27)30/h3-6,9-10,12,15-21H,1-2,7-8,11H2,(H,26,28)/t12?,15?,16-,17-,18-,19-,20+,21+/m0/s1. The number of rotatable bonds is 3. The first kappa shape index (κ1) is 19.0. The number of benzene rings is 1. The molecule has 3 amide bonds. The predicted molar refractivity (Wildman–Crippen MR) is 120 cm³/mol. The van der Waals surface area contributed by atoms with E-state index in [-0.39, 0.29) is 53.4 Å². The third-order valence-electron chi connectivity index (χ3n) is 8.24. The summed E-state index contributed by atoms with van der Waals surface area (Å²) in [6, 6.07) is 7.75. The van der Waals surface area contributed by atoms with Crippen LogP contribution in [0.1, 0.15) is 32.1 Å². The summed E-state index contributed by atoms with van der Waals surface area (Å²) in [5.41, 5.74) is 0.818. The maximum absolute atomic E-state index is 13.3. The van der Waals surface area contributed by atoms with Gasteiger partial charge in [0.15, 0.2) is 0 Å². The van der Waals surface area contributed by atoms with Crippen LogP contribution in [0.2, 0.25) is 0 Å². The van der Waals surface area contributed by atoms with E-state index in [1.54, 1.807) is 4.90 Å². The first-order valence-corrected chi connectivity index (χ1v) is 12.2. The molecule has 0 radical (unpaired) electrons. The number of anilines is 1. The zero-order valence-corrected chi connectivity index (χ0v) is 18.8. The number of halogens is 1. The molecule has 1 heterocycles. The number of nitrogens with one attached hydrogen (secondary N) is 1. The SMILES string of the molecule is O=C(Nc1ccc(I)cc1)C1CCC(N2C(=O)[C@@H]3[C@H]4C=C[C@@H]([C@@H]5C[C@@H]45)[C@H]3C2=O)CC1. The van der Waals surface area contributed by atoms with Gasteiger partial charge in [-0.3, -0.25) is 19.3 Å². The molecular weight excluding hydrogens is 491 g/mol. The van der Waals surface area contributed by atoms with Crippen LogP contribution in [0, 0.1) is 45.0 Å². The van der Waals surface area contributed by atoms with Gasteiger partial charge in [0, 0.05) is 21.2 Å². The van der Waals surface area contributed by atoms with Gasteiger partial charge in [0.25, 0.3) is 0 Å². The average Bonchev–Trinajstić information content (AvgIpc) is 3.53. The van der Waals surface area contributed by atoms with Crippen molar-refractivity contribution in [2.75, 3.05) is 5.32 Å². The second kappa shape index (κ2) is 6.90. The number of allylic oxidation sites excluding steroid dienone is 2. The molecule has 30 heavy (non-hydrogen) atoms. The Hall–Kier alpha value is -1.70. The minimum Gasteiger partial charge on any atom is -0.326 e. The van der Waals surface area contributed by atoms with Crippen LogP contribution in [-0.4, -0.2) is 28.7 Å². The van der Waals surface area contributed by atoms with Crippen molar-refractivity contribution in [1.82, 2.24) is 4.90 Å². The van der Waals surface area contributed by atoms with Gasteiger partial charge in [0.2, 0.25) is 17.7 Å². The smallest absolute Gasteiger partial charge is 0.233 e. The summed E-state index contributed by atoms with van der Waals surface area (Å²) < 4.78 is 1.13. The quantitative estimate of drug-likeness (QED) is 0.377. The molecule has 1 aromatic rings. The third kappa shape index (κ3) is 2.82. The van der Waals surface area contributed by atoms with Crippen LogP contribution in [0.4, 0.5) is 5.69 Å². The lowest BCUT2D eigenvalue weighted by Gasteiger charge is -2.37. The number of amides is 3. The van der Waals surface area contributed by atoms with Crippen molar-refractivity contribution >= 4 is 46.0 Å². The minimum absolute atomic E-state index is 0.0336. The van der Waals surface area contributed by atoms with Crippen molar-refractivity contribution in [3.63, 3.8) is 0 Å². The van der Waals surface area contributed by atoms with Gasteiger partial charge in [0.1, 0.15) is 0 Å². The summed E-state index contributed by atoms with van der Waals surface area (Å²) in [6.45, 7) is 0. The Labute approximate surface area is 189 Å². The molecule has 6 aliphatic rings. The predicted octanol–water partition coefficient (Wildman–Crippen LogP) is 3.84. The zero-order chi connectivity index (χ0) is 20.6. The van der Waals surface area contributed by atoms with Crippen LogP contribution < -0.4 is 5.32 Å². The number of hydrogen-bond acceptors (Lipinski definition) is 3. The largest absolute Gasteiger partial charge is 0.326 e. The number of hydrogen-bond donors (Lipinski definition) is 1. The van der Waals surface area contributed by atoms with E-state index in [0.29, 0.717) is 11.8 Å². The second-order valence-electron chi connectivity index (χ2n) is 9.70. The molecule has 5 aliphatic carbocycles. The van der Waals surface area contributed by atoms with Crippen LogP contribution in [0.3, 0.4) is 0 Å². The number of imide groups is 1. The maximum atomic E-state index is 13.3. The number of carbonyl (C=O) groups excluding carboxylic acids is 3. The van der Waals surface area contributed by atoms with Crippen molar-refractivity contribution in [3.05, 3.63) is 40.0 Å². The highest BCUT2D eigenvalue weighted by Crippen LogP contribution is 2.65. The fraction of sp³-hybridized carbons (Fsp3) is 0.542. The van der Waals surface area contributed by atoms with Crippen LogP contribution >= 0.6 is 22.6 Å². The normalized spacial score (nSPS) is 40.9. The van der Waals surface area contributed by atoms with E-state index >= 15 is 0 Å². The average molecular weight is 516 g/mol. The van der Waals surface area contributed by atoms with Gasteiger partial charge < -0.3 is 5.32 Å². The number of nitrogens with zero attached hydrogens (tertiary/aromatic N) is 1. The van der Waals surface area contributed by atoms with E-state index in [0.717, 1.165) is 34.9 Å². The number of likely N-dealkylation sites (tertiary alicyclic amines) is 1. The van der Waals surface area contributed by atoms with Crippen LogP contribution in [0.5, 0.6) is 0 Å². The summed E-state index contributed by atoms with van der Waals surface area (Å²) in [7, 11) is 0. The van der Waals surface area contributed by atoms with Crippen LogP contribution in [0.15, 0.2) is 36.4 Å². The molecule has 1 aromatic carbocycles. The van der Waals surface area contributed by atoms with E-state index in [9.17, 15) is 14.4 Å². The molecule has 156 valence electrons. The molecule has 0 unspecified atom stereocenters. The van der Waals surface area contributed by atoms with Crippen molar-refractivity contribution in [1.29, 1.82) is 0 Å². The van der Waals surface area contributed by atoms with Crippen molar-refractivity contribution in [2.24, 2.45) is 41.4 Å². The van der Waals surface area contributed by atoms with E-state index in [1.807, 2.05) is 24.3 Å². The van der Waals surface area contributed by atoms with E-state index < -0.39 is 0 Å². The van der Waals surface area contributed by atoms with Gasteiger partial charge in [-0.1, -0.05) is 12.2 Å². The maximum Gasteiger partial charge on any atom is 0.233 e. The molecule has 0 aromatic heterocycles. The van der Waals surface area contributed by atoms with E-state index in [4.69, 9.17) is 0 Å². The van der Waals surface area contributed by atoms with Gasteiger partial charge in [-0.15, -0.1) is 0 Å². The van der Waals surface area contributed by atoms with Crippen molar-refractivity contribution in [3.8, 4) is 0 Å². The molecule has 1 aliphatic heterocycles. The molecule has 6 atom stereocenters. The van der Waals surface area contributed by atoms with Gasteiger partial charge in [0.05, 0.1) is 11.8 Å². The topological polar surface area (TPSA) is 66.5 Å². The monoisotopic (exact) mass is 516 g/mol. The molecule has 1 saturated heterocycles. The van der Waals surface area contributed by atoms with Gasteiger partial charge >= 0.3 is 0 Å². The number of carbonyl (C=O) groups is 3. The first-order valence-electron chi connectivity index (χ1n) is 11.1. The second-order valence-corrected chi connectivity index (χ2v) is 10.9. The lowest BCUT2D eigenvalue weighted by Crippen LogP contribution is -2.44. The first-order chi connectivity index (χ1) is 14.5. The lowest BCUT2D eigenvalue weighted by molar-refractivity contribution is -0.144. The molecule has 2 bridgehead atoms. The molecular formula is C24H25IN2O3. The van der Waals surface area contributed by atoms with Gasteiger partial charge in [-0.05, 0) is 103 Å². The molecule has 0 spiro atoms. The molecule has 5 nitrogen and oxygen atoms in total. The fourth-order valence-electron chi connectivity index (χ4n) is 6.71. The summed E-state index contributed by atoms with van der Waals surface area (Å²) in [4.78, 5) is 40.9. The summed E-state index contributed by atoms with van der Waals surface area (Å²) in [5.74, 6) is 1.74. The molecule has 6 heteroatoms. The van der Waals surface area contributed by atoms with Gasteiger partial charge in [-0.25, -0.2) is 0 Å². The Morgan fingerprint density at radius 3 is 2.03 bits per heavy atom. The van der Waals surface area contributed by atoms with Crippen LogP contribution in [-0.2, 0) is 14.4 Å². The fourth-order valence-corrected chi connectivity index (χ4v) is 7.07. The minimum atomic E-state index is -0.113. The Morgan fingerprint density at radius 2 is 1.47 bits per heavy atom. The Bertz CT molecular complexity index is 914. The highest BCUT2D eigenvalue weighted by atomic mass is 127. The highest BCUT2D eigenvalue weighted by Gasteiger charge is 2.67. The Kier molecular flexibility index (Phi) is 4.38. The highest BCUT2D eigenvalue weighted by molar-refractivity contribution is 14.1. The van der Waals surface area contributed by atoms with Gasteiger partial charge in [-0.2, -0.15) is 0 Å². The van der Waals surface area contributed by atoms with E-state index in [1.165, 1.54) is 6.42 Å². The molecule has 1 N–H and O–H groups in total. The third-order valence-corrected chi connectivity index (χ3v) is 8.96.